The van der Waals surface area contributed by atoms with Crippen LogP contribution in [-0.4, -0.2) is 123 Å². The second-order valence-electron chi connectivity index (χ2n) is 13.9. The van der Waals surface area contributed by atoms with Gasteiger partial charge in [0.05, 0.1) is 42.3 Å². The van der Waals surface area contributed by atoms with Gasteiger partial charge in [0.2, 0.25) is 16.3 Å². The van der Waals surface area contributed by atoms with Crippen LogP contribution in [0.1, 0.15) is 47.5 Å². The molecule has 2 heterocycles. The van der Waals surface area contributed by atoms with Crippen LogP contribution in [0.4, 0.5) is 4.79 Å². The summed E-state index contributed by atoms with van der Waals surface area (Å²) in [6, 6.07) is 5.29. The molecule has 48 heavy (non-hydrogen) atoms. The molecule has 1 saturated heterocycles. The minimum atomic E-state index is -4.06. The zero-order valence-corrected chi connectivity index (χ0v) is 29.4. The maximum atomic E-state index is 13.5. The predicted octanol–water partition coefficient (Wildman–Crippen LogP) is 0.304. The fraction of sp³-hybridized carbons (Fsp3) is 0.719. The smallest absolute Gasteiger partial charge is 0.408 e. The second-order valence-corrected chi connectivity index (χ2v) is 15.6. The molecular formula is C32H52N4O11S. The average molecular weight is 701 g/mol. The normalized spacial score (nSPS) is 36.1. The first-order chi connectivity index (χ1) is 22.5. The number of benzene rings is 1. The summed E-state index contributed by atoms with van der Waals surface area (Å²) in [6.07, 6.45) is -5.81. The van der Waals surface area contributed by atoms with Crippen LogP contribution in [0.5, 0.6) is 0 Å². The summed E-state index contributed by atoms with van der Waals surface area (Å²) in [5, 5.41) is 42.5. The van der Waals surface area contributed by atoms with Crippen molar-refractivity contribution in [3.8, 4) is 0 Å². The van der Waals surface area contributed by atoms with Crippen LogP contribution in [-0.2, 0) is 33.7 Å². The molecule has 1 aromatic rings. The van der Waals surface area contributed by atoms with E-state index in [0.29, 0.717) is 18.7 Å². The third-order valence-corrected chi connectivity index (χ3v) is 10.1. The number of nitrogens with one attached hydrogen (secondary N) is 4. The lowest BCUT2D eigenvalue weighted by molar-refractivity contribution is -0.306. The molecule has 4 rings (SSSR count). The Bertz CT molecular complexity index is 1360. The number of aliphatic hydroxyl groups excluding tert-OH is 2. The molecule has 11 atom stereocenters. The first-order valence-electron chi connectivity index (χ1n) is 16.2. The van der Waals surface area contributed by atoms with E-state index < -0.39 is 88.4 Å². The van der Waals surface area contributed by atoms with Gasteiger partial charge in [0, 0.05) is 0 Å². The van der Waals surface area contributed by atoms with Gasteiger partial charge >= 0.3 is 6.09 Å². The zero-order valence-electron chi connectivity index (χ0n) is 28.6. The van der Waals surface area contributed by atoms with Gasteiger partial charge in [-0.3, -0.25) is 0 Å². The van der Waals surface area contributed by atoms with Crippen LogP contribution < -0.4 is 20.7 Å². The van der Waals surface area contributed by atoms with Crippen molar-refractivity contribution >= 4 is 16.1 Å². The van der Waals surface area contributed by atoms with Gasteiger partial charge in [0.1, 0.15) is 35.3 Å². The molecule has 2 aliphatic heterocycles. The molecular weight excluding hydrogens is 648 g/mol. The number of carbonyl (C=O) groups excluding carboxylic acids is 1. The van der Waals surface area contributed by atoms with Crippen molar-refractivity contribution in [3.05, 3.63) is 42.2 Å². The molecule has 1 aliphatic carbocycles. The van der Waals surface area contributed by atoms with E-state index in [2.05, 4.69) is 20.7 Å². The van der Waals surface area contributed by atoms with Crippen LogP contribution in [0.15, 0.2) is 47.1 Å². The lowest BCUT2D eigenvalue weighted by Crippen LogP contribution is -2.68. The number of carbonyl (C=O) groups is 1. The van der Waals surface area contributed by atoms with E-state index in [0.717, 1.165) is 0 Å². The predicted molar refractivity (Wildman–Crippen MR) is 174 cm³/mol. The van der Waals surface area contributed by atoms with Crippen molar-refractivity contribution in [2.24, 2.45) is 5.92 Å². The molecule has 1 aromatic carbocycles. The largest absolute Gasteiger partial charge is 0.466 e. The van der Waals surface area contributed by atoms with Crippen molar-refractivity contribution in [2.75, 3.05) is 27.2 Å². The average Bonchev–Trinajstić information content (AvgIpc) is 2.99. The number of aliphatic hydroxyl groups is 3. The summed E-state index contributed by atoms with van der Waals surface area (Å²) in [4.78, 5) is 12.7. The Balaban J connectivity index is 1.61. The Kier molecular flexibility index (Phi) is 12.5. The minimum Gasteiger partial charge on any atom is -0.466 e. The fourth-order valence-corrected chi connectivity index (χ4v) is 7.60. The molecule has 0 bridgehead atoms. The van der Waals surface area contributed by atoms with Crippen LogP contribution in [0.3, 0.4) is 0 Å². The van der Waals surface area contributed by atoms with Gasteiger partial charge in [0.25, 0.3) is 0 Å². The fourth-order valence-electron chi connectivity index (χ4n) is 6.32. The Morgan fingerprint density at radius 3 is 2.33 bits per heavy atom. The molecule has 3 aliphatic rings. The summed E-state index contributed by atoms with van der Waals surface area (Å²) in [5.41, 5.74) is -2.17. The van der Waals surface area contributed by atoms with E-state index in [4.69, 9.17) is 23.7 Å². The summed E-state index contributed by atoms with van der Waals surface area (Å²) in [7, 11) is -0.727. The number of ether oxygens (including phenoxy) is 5. The SMILES string of the molecule is CNCC1=CC[C@@H](NC(=O)OC(C)(C)C)[C@@H](O[C@H]2[C@H](O)[C@@H](O[C@H]3OC[C@](C)(O)[C@H](NC)[C@H]3O)[C@H](NS(=O)(=O)c3ccccc3)C[C@@H]2C)O1. The van der Waals surface area contributed by atoms with Gasteiger partial charge in [-0.05, 0) is 78.8 Å². The third kappa shape index (κ3) is 9.44. The summed E-state index contributed by atoms with van der Waals surface area (Å²) < 4.78 is 59.5. The van der Waals surface area contributed by atoms with E-state index in [9.17, 15) is 28.5 Å². The second kappa shape index (κ2) is 15.7. The third-order valence-electron chi connectivity index (χ3n) is 8.59. The highest BCUT2D eigenvalue weighted by Gasteiger charge is 2.52. The molecule has 0 radical (unpaired) electrons. The first-order valence-corrected chi connectivity index (χ1v) is 17.7. The summed E-state index contributed by atoms with van der Waals surface area (Å²) in [6.45, 7) is 8.75. The van der Waals surface area contributed by atoms with Gasteiger partial charge < -0.3 is 55.0 Å². The molecule has 272 valence electrons. The van der Waals surface area contributed by atoms with Crippen LogP contribution in [0.25, 0.3) is 0 Å². The molecule has 1 amide bonds. The summed E-state index contributed by atoms with van der Waals surface area (Å²) in [5.74, 6) is 0.128. The van der Waals surface area contributed by atoms with Crippen LogP contribution in [0, 0.1) is 5.92 Å². The topological polar surface area (TPSA) is 206 Å². The number of alkyl carbamates (subject to hydrolysis) is 1. The maximum absolute atomic E-state index is 13.5. The van der Waals surface area contributed by atoms with E-state index >= 15 is 0 Å². The molecule has 2 fully saturated rings. The molecule has 0 aromatic heterocycles. The lowest BCUT2D eigenvalue weighted by Gasteiger charge is -2.49. The number of sulfonamides is 1. The Labute approximate surface area is 282 Å². The van der Waals surface area contributed by atoms with Gasteiger partial charge in [-0.1, -0.05) is 25.1 Å². The van der Waals surface area contributed by atoms with Crippen LogP contribution >= 0.6 is 0 Å². The molecule has 16 heteroatoms. The number of rotatable bonds is 11. The zero-order chi connectivity index (χ0) is 35.4. The Morgan fingerprint density at radius 2 is 1.71 bits per heavy atom. The standard InChI is InChI=1S/C32H52N4O11S/c1-18-15-22(36-48(41,42)20-11-9-8-10-12-20)26(46-29-24(38)27(34-7)32(5,40)17-43-29)23(37)25(18)45-28-21(14-13-19(44-28)16-33-6)35-30(39)47-31(2,3)4/h8-13,18,21-29,33-34,36-38,40H,14-17H2,1-7H3,(H,35,39)/t18-,21+,22+,23-,24+,25+,26-,27+,28+,29+,32-/m0/s1. The number of hydrogen-bond acceptors (Lipinski definition) is 13. The lowest BCUT2D eigenvalue weighted by atomic mass is 9.80. The number of likely N-dealkylation sites (N-methyl/N-ethyl adjacent to an activating group) is 2. The minimum absolute atomic E-state index is 0.0278. The van der Waals surface area contributed by atoms with Gasteiger partial charge in [0.15, 0.2) is 6.29 Å². The van der Waals surface area contributed by atoms with E-state index in [-0.39, 0.29) is 17.9 Å². The Hall–Kier alpha value is -2.38. The van der Waals surface area contributed by atoms with Gasteiger partial charge in [-0.25, -0.2) is 17.9 Å². The van der Waals surface area contributed by atoms with Crippen molar-refractivity contribution in [1.29, 1.82) is 0 Å². The van der Waals surface area contributed by atoms with Crippen molar-refractivity contribution in [3.63, 3.8) is 0 Å². The molecule has 1 saturated carbocycles. The highest BCUT2D eigenvalue weighted by molar-refractivity contribution is 7.89. The van der Waals surface area contributed by atoms with E-state index in [1.807, 2.05) is 6.08 Å². The number of hydrogen-bond donors (Lipinski definition) is 7. The maximum Gasteiger partial charge on any atom is 0.408 e. The molecule has 0 unspecified atom stereocenters. The Morgan fingerprint density at radius 1 is 1.04 bits per heavy atom. The van der Waals surface area contributed by atoms with Gasteiger partial charge in [-0.2, -0.15) is 0 Å². The number of amides is 1. The van der Waals surface area contributed by atoms with E-state index in [1.165, 1.54) is 19.1 Å². The molecule has 7 N–H and O–H groups in total. The first kappa shape index (κ1) is 38.4. The summed E-state index contributed by atoms with van der Waals surface area (Å²) >= 11 is 0. The molecule has 0 spiro atoms. The monoisotopic (exact) mass is 700 g/mol. The van der Waals surface area contributed by atoms with Crippen LogP contribution in [0.2, 0.25) is 0 Å². The molecule has 15 nitrogen and oxygen atoms in total. The quantitative estimate of drug-likeness (QED) is 0.166. The van der Waals surface area contributed by atoms with Gasteiger partial charge in [-0.15, -0.1) is 0 Å². The van der Waals surface area contributed by atoms with Crippen molar-refractivity contribution in [2.45, 2.75) is 119 Å². The van der Waals surface area contributed by atoms with E-state index in [1.54, 1.807) is 60.0 Å². The van der Waals surface area contributed by atoms with Crippen molar-refractivity contribution in [1.82, 2.24) is 20.7 Å². The highest BCUT2D eigenvalue weighted by atomic mass is 32.2. The highest BCUT2D eigenvalue weighted by Crippen LogP contribution is 2.35. The van der Waals surface area contributed by atoms with Crippen molar-refractivity contribution < 1.29 is 52.2 Å².